The lowest BCUT2D eigenvalue weighted by Gasteiger charge is -2.33. The lowest BCUT2D eigenvalue weighted by molar-refractivity contribution is 0.0665. The van der Waals surface area contributed by atoms with Gasteiger partial charge in [0.15, 0.2) is 0 Å². The Kier molecular flexibility index (Phi) is 5.69. The van der Waals surface area contributed by atoms with Crippen molar-refractivity contribution < 1.29 is 9.84 Å². The molecule has 1 N–H and O–H groups in total. The van der Waals surface area contributed by atoms with Gasteiger partial charge in [-0.25, -0.2) is 0 Å². The Bertz CT molecular complexity index is 431. The van der Waals surface area contributed by atoms with E-state index >= 15 is 0 Å². The zero-order valence-corrected chi connectivity index (χ0v) is 13.9. The molecule has 0 saturated heterocycles. The van der Waals surface area contributed by atoms with Gasteiger partial charge in [-0.05, 0) is 75.0 Å². The first-order valence-electron chi connectivity index (χ1n) is 8.42. The van der Waals surface area contributed by atoms with Gasteiger partial charge >= 0.3 is 0 Å². The molecule has 0 aromatic heterocycles. The minimum atomic E-state index is -0.353. The minimum absolute atomic E-state index is 0.166. The van der Waals surface area contributed by atoms with E-state index in [0.29, 0.717) is 5.92 Å². The lowest BCUT2D eigenvalue weighted by Crippen LogP contribution is -2.23. The molecule has 1 aromatic carbocycles. The topological polar surface area (TPSA) is 29.5 Å². The first kappa shape index (κ1) is 16.4. The van der Waals surface area contributed by atoms with Crippen LogP contribution in [0.4, 0.5) is 0 Å². The molecule has 1 aliphatic rings. The van der Waals surface area contributed by atoms with Crippen molar-refractivity contribution in [2.45, 2.75) is 65.6 Å². The van der Waals surface area contributed by atoms with E-state index in [1.807, 2.05) is 38.1 Å². The van der Waals surface area contributed by atoms with Crippen LogP contribution < -0.4 is 4.74 Å². The van der Waals surface area contributed by atoms with Crippen molar-refractivity contribution in [2.75, 3.05) is 0 Å². The Morgan fingerprint density at radius 3 is 2.19 bits per heavy atom. The molecule has 21 heavy (non-hydrogen) atoms. The van der Waals surface area contributed by atoms with Gasteiger partial charge in [-0.3, -0.25) is 0 Å². The van der Waals surface area contributed by atoms with Gasteiger partial charge in [0.25, 0.3) is 0 Å². The zero-order chi connectivity index (χ0) is 15.4. The molecular weight excluding hydrogens is 260 g/mol. The molecule has 1 saturated carbocycles. The predicted octanol–water partition coefficient (Wildman–Crippen LogP) is 4.97. The second-order valence-electron chi connectivity index (χ2n) is 7.10. The summed E-state index contributed by atoms with van der Waals surface area (Å²) in [6.07, 6.45) is 4.59. The van der Waals surface area contributed by atoms with Gasteiger partial charge in [0.1, 0.15) is 5.75 Å². The van der Waals surface area contributed by atoms with Crippen LogP contribution in [0.25, 0.3) is 0 Å². The smallest absolute Gasteiger partial charge is 0.120 e. The molecule has 118 valence electrons. The van der Waals surface area contributed by atoms with Crippen LogP contribution in [0.5, 0.6) is 5.75 Å². The second kappa shape index (κ2) is 7.31. The monoisotopic (exact) mass is 290 g/mol. The van der Waals surface area contributed by atoms with E-state index in [9.17, 15) is 5.11 Å². The summed E-state index contributed by atoms with van der Waals surface area (Å²) in [5.41, 5.74) is 1.00. The summed E-state index contributed by atoms with van der Waals surface area (Å²) >= 11 is 0. The Labute approximate surface area is 129 Å². The fraction of sp³-hybridized carbons (Fsp3) is 0.684. The van der Waals surface area contributed by atoms with Crippen molar-refractivity contribution in [3.8, 4) is 5.75 Å². The number of hydrogen-bond donors (Lipinski definition) is 1. The summed E-state index contributed by atoms with van der Waals surface area (Å²) in [5.74, 6) is 2.86. The Hall–Kier alpha value is -1.02. The molecule has 1 fully saturated rings. The maximum Gasteiger partial charge on any atom is 0.120 e. The summed E-state index contributed by atoms with van der Waals surface area (Å²) in [7, 11) is 0. The molecule has 0 bridgehead atoms. The van der Waals surface area contributed by atoms with Gasteiger partial charge in [-0.2, -0.15) is 0 Å². The van der Waals surface area contributed by atoms with Gasteiger partial charge < -0.3 is 9.84 Å². The van der Waals surface area contributed by atoms with Crippen molar-refractivity contribution in [3.05, 3.63) is 29.8 Å². The van der Waals surface area contributed by atoms with Crippen LogP contribution >= 0.6 is 0 Å². The van der Waals surface area contributed by atoms with Crippen LogP contribution in [-0.2, 0) is 0 Å². The van der Waals surface area contributed by atoms with E-state index in [-0.39, 0.29) is 12.2 Å². The normalized spacial score (nSPS) is 24.3. The molecule has 2 heteroatoms. The summed E-state index contributed by atoms with van der Waals surface area (Å²) in [6.45, 7) is 8.68. The molecule has 1 unspecified atom stereocenters. The summed E-state index contributed by atoms with van der Waals surface area (Å²) in [6, 6.07) is 7.97. The number of aliphatic hydroxyl groups excluding tert-OH is 1. The standard InChI is InChI=1S/C19H30O2/c1-13(2)15-8-10-16(11-9-15)19(20)17-6-5-7-18(12-17)21-14(3)4/h5-7,12-16,19-20H,8-11H2,1-4H3. The van der Waals surface area contributed by atoms with Gasteiger partial charge in [-0.1, -0.05) is 26.0 Å². The quantitative estimate of drug-likeness (QED) is 0.829. The largest absolute Gasteiger partial charge is 0.491 e. The van der Waals surface area contributed by atoms with Crippen molar-refractivity contribution in [2.24, 2.45) is 17.8 Å². The van der Waals surface area contributed by atoms with Gasteiger partial charge in [-0.15, -0.1) is 0 Å². The van der Waals surface area contributed by atoms with E-state index in [1.165, 1.54) is 12.8 Å². The summed E-state index contributed by atoms with van der Waals surface area (Å²) in [4.78, 5) is 0. The lowest BCUT2D eigenvalue weighted by atomic mass is 9.74. The van der Waals surface area contributed by atoms with Gasteiger partial charge in [0.05, 0.1) is 12.2 Å². The van der Waals surface area contributed by atoms with E-state index in [4.69, 9.17) is 4.74 Å². The van der Waals surface area contributed by atoms with E-state index in [1.54, 1.807) is 0 Å². The third-order valence-corrected chi connectivity index (χ3v) is 4.78. The van der Waals surface area contributed by atoms with Crippen molar-refractivity contribution in [3.63, 3.8) is 0 Å². The molecule has 1 aromatic rings. The molecule has 1 aliphatic carbocycles. The van der Waals surface area contributed by atoms with E-state index < -0.39 is 0 Å². The van der Waals surface area contributed by atoms with Crippen LogP contribution in [0.15, 0.2) is 24.3 Å². The molecule has 0 heterocycles. The van der Waals surface area contributed by atoms with Crippen LogP contribution in [0.2, 0.25) is 0 Å². The van der Waals surface area contributed by atoms with Crippen molar-refractivity contribution in [1.82, 2.24) is 0 Å². The molecule has 0 aliphatic heterocycles. The molecule has 1 atom stereocenters. The maximum atomic E-state index is 10.7. The third kappa shape index (κ3) is 4.47. The number of hydrogen-bond acceptors (Lipinski definition) is 2. The first-order chi connectivity index (χ1) is 9.97. The number of rotatable bonds is 5. The highest BCUT2D eigenvalue weighted by atomic mass is 16.5. The molecule has 0 spiro atoms. The SMILES string of the molecule is CC(C)Oc1cccc(C(O)C2CCC(C(C)C)CC2)c1. The Morgan fingerprint density at radius 1 is 1.00 bits per heavy atom. The molecule has 0 radical (unpaired) electrons. The van der Waals surface area contributed by atoms with E-state index in [2.05, 4.69) is 13.8 Å². The molecular formula is C19H30O2. The number of ether oxygens (including phenoxy) is 1. The van der Waals surface area contributed by atoms with Crippen molar-refractivity contribution in [1.29, 1.82) is 0 Å². The highest BCUT2D eigenvalue weighted by Crippen LogP contribution is 2.39. The summed E-state index contributed by atoms with van der Waals surface area (Å²) < 4.78 is 5.73. The average molecular weight is 290 g/mol. The average Bonchev–Trinajstić information content (AvgIpc) is 2.46. The predicted molar refractivity (Wildman–Crippen MR) is 87.5 cm³/mol. The number of aliphatic hydroxyl groups is 1. The number of benzene rings is 1. The van der Waals surface area contributed by atoms with Crippen LogP contribution in [0.1, 0.15) is 65.0 Å². The van der Waals surface area contributed by atoms with Gasteiger partial charge in [0.2, 0.25) is 0 Å². The summed E-state index contributed by atoms with van der Waals surface area (Å²) in [5, 5.41) is 10.7. The molecule has 2 rings (SSSR count). The molecule has 0 amide bonds. The second-order valence-corrected chi connectivity index (χ2v) is 7.10. The Morgan fingerprint density at radius 2 is 1.62 bits per heavy atom. The van der Waals surface area contributed by atoms with Crippen LogP contribution in [-0.4, -0.2) is 11.2 Å². The van der Waals surface area contributed by atoms with E-state index in [0.717, 1.165) is 36.0 Å². The highest BCUT2D eigenvalue weighted by Gasteiger charge is 2.28. The maximum absolute atomic E-state index is 10.7. The zero-order valence-electron chi connectivity index (χ0n) is 13.9. The van der Waals surface area contributed by atoms with Crippen molar-refractivity contribution >= 4 is 0 Å². The fourth-order valence-electron chi connectivity index (χ4n) is 3.44. The van der Waals surface area contributed by atoms with Crippen LogP contribution in [0, 0.1) is 17.8 Å². The molecule has 2 nitrogen and oxygen atoms in total. The van der Waals surface area contributed by atoms with Crippen LogP contribution in [0.3, 0.4) is 0 Å². The fourth-order valence-corrected chi connectivity index (χ4v) is 3.44. The third-order valence-electron chi connectivity index (χ3n) is 4.78. The highest BCUT2D eigenvalue weighted by molar-refractivity contribution is 5.30. The van der Waals surface area contributed by atoms with Gasteiger partial charge in [0, 0.05) is 0 Å². The Balaban J connectivity index is 1.98. The minimum Gasteiger partial charge on any atom is -0.491 e. The first-order valence-corrected chi connectivity index (χ1v) is 8.42.